The average Bonchev–Trinajstić information content (AvgIpc) is 2.60. The first kappa shape index (κ1) is 19.1. The molecule has 0 aromatic heterocycles. The summed E-state index contributed by atoms with van der Waals surface area (Å²) in [4.78, 5) is 24.2. The van der Waals surface area contributed by atoms with Crippen molar-refractivity contribution in [2.24, 2.45) is 0 Å². The molecule has 0 saturated carbocycles. The molecule has 2 aromatic rings. The summed E-state index contributed by atoms with van der Waals surface area (Å²) >= 11 is 0. The predicted octanol–water partition coefficient (Wildman–Crippen LogP) is 3.61. The molecule has 0 aliphatic rings. The van der Waals surface area contributed by atoms with Crippen molar-refractivity contribution >= 4 is 23.6 Å². The first-order valence-corrected chi connectivity index (χ1v) is 7.77. The monoisotopic (exact) mass is 360 g/mol. The Labute approximate surface area is 149 Å². The quantitative estimate of drug-likeness (QED) is 0.774. The summed E-state index contributed by atoms with van der Waals surface area (Å²) in [5.41, 5.74) is 1.76. The van der Waals surface area contributed by atoms with E-state index in [9.17, 15) is 18.4 Å². The largest absolute Gasteiger partial charge is 0.434 e. The molecule has 136 valence electrons. The molecule has 0 atom stereocenters. The minimum Gasteiger partial charge on any atom is -0.434 e. The van der Waals surface area contributed by atoms with Crippen molar-refractivity contribution in [1.29, 1.82) is 0 Å². The van der Waals surface area contributed by atoms with Crippen molar-refractivity contribution in [1.82, 2.24) is 5.32 Å². The van der Waals surface area contributed by atoms with Gasteiger partial charge in [0.15, 0.2) is 0 Å². The maximum Gasteiger partial charge on any atom is 0.387 e. The number of para-hydroxylation sites is 1. The van der Waals surface area contributed by atoms with E-state index in [2.05, 4.69) is 15.4 Å². The molecule has 0 bridgehead atoms. The minimum atomic E-state index is -2.96. The van der Waals surface area contributed by atoms with E-state index in [1.165, 1.54) is 25.3 Å². The number of rotatable bonds is 6. The second kappa shape index (κ2) is 8.75. The fourth-order valence-corrected chi connectivity index (χ4v) is 2.36. The fraction of sp³-hybridized carbons (Fsp3) is 0.158. The molecule has 5 nitrogen and oxygen atoms in total. The number of alkyl halides is 2. The van der Waals surface area contributed by atoms with Gasteiger partial charge in [-0.15, -0.1) is 0 Å². The Morgan fingerprint density at radius 2 is 1.85 bits per heavy atom. The molecule has 26 heavy (non-hydrogen) atoms. The number of aryl methyl sites for hydroxylation is 1. The standard InChI is InChI=1S/C19H18F2N2O3/c1-12-6-5-8-14(17(12)18(25)22-2)23-16(24)11-10-13-7-3-4-9-15(13)26-19(20)21/h3-11,19H,1-2H3,(H,22,25)(H,23,24)/b11-10+. The Kier molecular flexibility index (Phi) is 6.43. The summed E-state index contributed by atoms with van der Waals surface area (Å²) in [6.07, 6.45) is 2.55. The molecule has 2 N–H and O–H groups in total. The molecule has 2 amide bonds. The third-order valence-corrected chi connectivity index (χ3v) is 3.53. The predicted molar refractivity (Wildman–Crippen MR) is 95.3 cm³/mol. The number of nitrogens with one attached hydrogen (secondary N) is 2. The van der Waals surface area contributed by atoms with E-state index in [1.807, 2.05) is 0 Å². The third kappa shape index (κ3) is 4.89. The highest BCUT2D eigenvalue weighted by molar-refractivity contribution is 6.08. The second-order valence-electron chi connectivity index (χ2n) is 5.32. The smallest absolute Gasteiger partial charge is 0.387 e. The lowest BCUT2D eigenvalue weighted by Crippen LogP contribution is -2.22. The van der Waals surface area contributed by atoms with Crippen LogP contribution in [0.2, 0.25) is 0 Å². The number of anilines is 1. The number of amides is 2. The molecular formula is C19H18F2N2O3. The van der Waals surface area contributed by atoms with Crippen molar-refractivity contribution in [2.45, 2.75) is 13.5 Å². The Morgan fingerprint density at radius 3 is 2.54 bits per heavy atom. The van der Waals surface area contributed by atoms with Crippen LogP contribution in [0.4, 0.5) is 14.5 Å². The Hall–Kier alpha value is -3.22. The van der Waals surface area contributed by atoms with Crippen molar-refractivity contribution in [2.75, 3.05) is 12.4 Å². The lowest BCUT2D eigenvalue weighted by atomic mass is 10.1. The van der Waals surface area contributed by atoms with Gasteiger partial charge in [-0.05, 0) is 30.7 Å². The van der Waals surface area contributed by atoms with E-state index < -0.39 is 12.5 Å². The molecule has 0 saturated heterocycles. The molecule has 2 rings (SSSR count). The summed E-state index contributed by atoms with van der Waals surface area (Å²) in [5, 5.41) is 5.14. The zero-order valence-electron chi connectivity index (χ0n) is 14.3. The van der Waals surface area contributed by atoms with Gasteiger partial charge in [-0.1, -0.05) is 30.3 Å². The highest BCUT2D eigenvalue weighted by atomic mass is 19.3. The number of hydrogen-bond donors (Lipinski definition) is 2. The molecule has 0 fully saturated rings. The molecule has 0 heterocycles. The zero-order valence-corrected chi connectivity index (χ0v) is 14.3. The van der Waals surface area contributed by atoms with Crippen LogP contribution in [0.15, 0.2) is 48.5 Å². The van der Waals surface area contributed by atoms with E-state index in [-0.39, 0.29) is 11.7 Å². The second-order valence-corrected chi connectivity index (χ2v) is 5.32. The van der Waals surface area contributed by atoms with Crippen molar-refractivity contribution < 1.29 is 23.1 Å². The summed E-state index contributed by atoms with van der Waals surface area (Å²) < 4.78 is 29.2. The van der Waals surface area contributed by atoms with Gasteiger partial charge in [0.25, 0.3) is 5.91 Å². The Morgan fingerprint density at radius 1 is 1.12 bits per heavy atom. The highest BCUT2D eigenvalue weighted by Crippen LogP contribution is 2.22. The van der Waals surface area contributed by atoms with Gasteiger partial charge < -0.3 is 15.4 Å². The van der Waals surface area contributed by atoms with Crippen LogP contribution in [-0.2, 0) is 4.79 Å². The minimum absolute atomic E-state index is 0.0341. The van der Waals surface area contributed by atoms with Crippen LogP contribution in [0.25, 0.3) is 6.08 Å². The van der Waals surface area contributed by atoms with Crippen molar-refractivity contribution in [3.05, 3.63) is 65.2 Å². The number of hydrogen-bond acceptors (Lipinski definition) is 3. The van der Waals surface area contributed by atoms with Crippen LogP contribution in [0.5, 0.6) is 5.75 Å². The molecule has 0 aliphatic heterocycles. The van der Waals surface area contributed by atoms with Crippen LogP contribution in [-0.4, -0.2) is 25.5 Å². The normalized spacial score (nSPS) is 10.8. The Balaban J connectivity index is 2.19. The Bertz CT molecular complexity index is 835. The molecular weight excluding hydrogens is 342 g/mol. The number of carbonyl (C=O) groups excluding carboxylic acids is 2. The van der Waals surface area contributed by atoms with Crippen molar-refractivity contribution in [3.63, 3.8) is 0 Å². The van der Waals surface area contributed by atoms with E-state index in [0.29, 0.717) is 22.4 Å². The van der Waals surface area contributed by atoms with Gasteiger partial charge in [0.2, 0.25) is 5.91 Å². The fourth-order valence-electron chi connectivity index (χ4n) is 2.36. The molecule has 0 radical (unpaired) electrons. The van der Waals surface area contributed by atoms with Gasteiger partial charge in [-0.2, -0.15) is 8.78 Å². The first-order chi connectivity index (χ1) is 12.4. The number of benzene rings is 2. The molecule has 0 unspecified atom stereocenters. The van der Waals surface area contributed by atoms with Crippen LogP contribution >= 0.6 is 0 Å². The third-order valence-electron chi connectivity index (χ3n) is 3.53. The lowest BCUT2D eigenvalue weighted by molar-refractivity contribution is -0.111. The van der Waals surface area contributed by atoms with E-state index >= 15 is 0 Å². The van der Waals surface area contributed by atoms with Gasteiger partial charge in [0, 0.05) is 18.7 Å². The summed E-state index contributed by atoms with van der Waals surface area (Å²) in [6, 6.07) is 11.2. The lowest BCUT2D eigenvalue weighted by Gasteiger charge is -2.11. The molecule has 7 heteroatoms. The van der Waals surface area contributed by atoms with E-state index in [1.54, 1.807) is 43.3 Å². The molecule has 0 aliphatic carbocycles. The van der Waals surface area contributed by atoms with Gasteiger partial charge >= 0.3 is 6.61 Å². The van der Waals surface area contributed by atoms with E-state index in [0.717, 1.165) is 0 Å². The summed E-state index contributed by atoms with van der Waals surface area (Å²) in [7, 11) is 1.50. The first-order valence-electron chi connectivity index (χ1n) is 7.77. The van der Waals surface area contributed by atoms with Gasteiger partial charge in [-0.25, -0.2) is 0 Å². The van der Waals surface area contributed by atoms with Gasteiger partial charge in [0.05, 0.1) is 11.3 Å². The SMILES string of the molecule is CNC(=O)c1c(C)cccc1NC(=O)/C=C/c1ccccc1OC(F)F. The van der Waals surface area contributed by atoms with Crippen LogP contribution < -0.4 is 15.4 Å². The molecule has 0 spiro atoms. The zero-order chi connectivity index (χ0) is 19.1. The topological polar surface area (TPSA) is 67.4 Å². The average molecular weight is 360 g/mol. The number of halogens is 2. The highest BCUT2D eigenvalue weighted by Gasteiger charge is 2.14. The van der Waals surface area contributed by atoms with Gasteiger partial charge in [-0.3, -0.25) is 9.59 Å². The van der Waals surface area contributed by atoms with Gasteiger partial charge in [0.1, 0.15) is 5.75 Å². The van der Waals surface area contributed by atoms with Crippen LogP contribution in [0.1, 0.15) is 21.5 Å². The maximum absolute atomic E-state index is 12.4. The van der Waals surface area contributed by atoms with Crippen molar-refractivity contribution in [3.8, 4) is 5.75 Å². The van der Waals surface area contributed by atoms with Crippen LogP contribution in [0.3, 0.4) is 0 Å². The summed E-state index contributed by atoms with van der Waals surface area (Å²) in [6.45, 7) is -1.20. The maximum atomic E-state index is 12.4. The van der Waals surface area contributed by atoms with E-state index in [4.69, 9.17) is 0 Å². The molecule has 2 aromatic carbocycles. The number of carbonyl (C=O) groups is 2. The summed E-state index contributed by atoms with van der Waals surface area (Å²) in [5.74, 6) is -0.862. The van der Waals surface area contributed by atoms with Crippen LogP contribution in [0, 0.1) is 6.92 Å². The number of ether oxygens (including phenoxy) is 1.